The lowest BCUT2D eigenvalue weighted by atomic mass is 9.75. The van der Waals surface area contributed by atoms with Crippen LogP contribution in [-0.2, 0) is 6.54 Å². The number of carbonyl (C=O) groups excluding carboxylic acids is 1. The third kappa shape index (κ3) is 4.86. The predicted molar refractivity (Wildman–Crippen MR) is 106 cm³/mol. The number of pyridine rings is 1. The van der Waals surface area contributed by atoms with Crippen LogP contribution in [0.15, 0.2) is 37.1 Å². The number of urea groups is 1. The molecule has 3 rings (SSSR count). The molecule has 0 bridgehead atoms. The predicted octanol–water partition coefficient (Wildman–Crippen LogP) is 2.58. The Morgan fingerprint density at radius 1 is 1.37 bits per heavy atom. The molecule has 1 aliphatic carbocycles. The quantitative estimate of drug-likeness (QED) is 0.820. The van der Waals surface area contributed by atoms with Crippen molar-refractivity contribution < 1.29 is 4.79 Å². The Hall–Kier alpha value is -2.41. The lowest BCUT2D eigenvalue weighted by molar-refractivity contribution is 0.0773. The van der Waals surface area contributed by atoms with Crippen molar-refractivity contribution in [3.8, 4) is 5.82 Å². The van der Waals surface area contributed by atoms with Crippen LogP contribution in [0.1, 0.15) is 38.2 Å². The minimum absolute atomic E-state index is 0.0585. The smallest absolute Gasteiger partial charge is 0.315 e. The SMILES string of the molecule is CC1CCCC(CNC(=O)NCc2ccc(-n3ccnc3)nc2)(N(C)C)C1. The number of amides is 2. The molecule has 1 saturated carbocycles. The zero-order valence-corrected chi connectivity index (χ0v) is 16.5. The van der Waals surface area contributed by atoms with E-state index in [9.17, 15) is 4.79 Å². The largest absolute Gasteiger partial charge is 0.336 e. The van der Waals surface area contributed by atoms with Crippen LogP contribution in [0.2, 0.25) is 0 Å². The highest BCUT2D eigenvalue weighted by atomic mass is 16.2. The molecule has 27 heavy (non-hydrogen) atoms. The van der Waals surface area contributed by atoms with E-state index in [1.165, 1.54) is 12.8 Å². The van der Waals surface area contributed by atoms with Crippen molar-refractivity contribution in [1.29, 1.82) is 0 Å². The molecule has 0 aliphatic heterocycles. The number of aromatic nitrogens is 3. The van der Waals surface area contributed by atoms with Crippen molar-refractivity contribution in [3.05, 3.63) is 42.6 Å². The maximum absolute atomic E-state index is 12.3. The second-order valence-electron chi connectivity index (χ2n) is 7.85. The van der Waals surface area contributed by atoms with Crippen molar-refractivity contribution >= 4 is 6.03 Å². The van der Waals surface area contributed by atoms with E-state index in [2.05, 4.69) is 46.5 Å². The van der Waals surface area contributed by atoms with E-state index in [4.69, 9.17) is 0 Å². The number of nitrogens with one attached hydrogen (secondary N) is 2. The molecular formula is C20H30N6O. The fourth-order valence-corrected chi connectivity index (χ4v) is 3.92. The molecule has 2 N–H and O–H groups in total. The van der Waals surface area contributed by atoms with Gasteiger partial charge in [-0.3, -0.25) is 4.57 Å². The fourth-order valence-electron chi connectivity index (χ4n) is 3.92. The average Bonchev–Trinajstić information content (AvgIpc) is 3.20. The van der Waals surface area contributed by atoms with Crippen molar-refractivity contribution in [3.63, 3.8) is 0 Å². The first-order valence-electron chi connectivity index (χ1n) is 9.61. The summed E-state index contributed by atoms with van der Waals surface area (Å²) in [5.74, 6) is 1.51. The van der Waals surface area contributed by atoms with E-state index in [0.29, 0.717) is 19.0 Å². The molecular weight excluding hydrogens is 340 g/mol. The summed E-state index contributed by atoms with van der Waals surface area (Å²) < 4.78 is 1.84. The van der Waals surface area contributed by atoms with Crippen LogP contribution in [0.5, 0.6) is 0 Å². The van der Waals surface area contributed by atoms with Crippen molar-refractivity contribution in [2.45, 2.75) is 44.7 Å². The number of imidazole rings is 1. The first-order chi connectivity index (χ1) is 13.0. The lowest BCUT2D eigenvalue weighted by Gasteiger charge is -2.45. The zero-order chi connectivity index (χ0) is 19.3. The Morgan fingerprint density at radius 3 is 2.85 bits per heavy atom. The minimum atomic E-state index is -0.131. The van der Waals surface area contributed by atoms with Gasteiger partial charge in [0.15, 0.2) is 0 Å². The van der Waals surface area contributed by atoms with Gasteiger partial charge in [0.05, 0.1) is 0 Å². The van der Waals surface area contributed by atoms with E-state index in [-0.39, 0.29) is 11.6 Å². The third-order valence-corrected chi connectivity index (χ3v) is 5.63. The van der Waals surface area contributed by atoms with Crippen LogP contribution in [0.4, 0.5) is 4.79 Å². The van der Waals surface area contributed by atoms with Gasteiger partial charge in [0.2, 0.25) is 0 Å². The molecule has 0 spiro atoms. The van der Waals surface area contributed by atoms with Gasteiger partial charge in [-0.05, 0) is 44.5 Å². The van der Waals surface area contributed by atoms with Crippen molar-refractivity contribution in [1.82, 2.24) is 30.1 Å². The Morgan fingerprint density at radius 2 is 2.22 bits per heavy atom. The number of nitrogens with zero attached hydrogens (tertiary/aromatic N) is 4. The summed E-state index contributed by atoms with van der Waals surface area (Å²) in [4.78, 5) is 23.0. The van der Waals surface area contributed by atoms with E-state index in [0.717, 1.165) is 24.2 Å². The highest BCUT2D eigenvalue weighted by molar-refractivity contribution is 5.73. The molecule has 1 aliphatic rings. The fraction of sp³-hybridized carbons (Fsp3) is 0.550. The van der Waals surface area contributed by atoms with Crippen LogP contribution in [0.25, 0.3) is 5.82 Å². The monoisotopic (exact) mass is 370 g/mol. The molecule has 2 amide bonds. The average molecular weight is 371 g/mol. The number of hydrogen-bond donors (Lipinski definition) is 2. The molecule has 2 heterocycles. The standard InChI is InChI=1S/C20H30N6O/c1-16-5-4-8-20(11-16,25(2)3)14-24-19(27)23-13-17-6-7-18(22-12-17)26-10-9-21-15-26/h6-7,9-10,12,15-16H,4-5,8,11,13-14H2,1-3H3,(H2,23,24,27). The molecule has 0 radical (unpaired) electrons. The summed E-state index contributed by atoms with van der Waals surface area (Å²) >= 11 is 0. The Kier molecular flexibility index (Phi) is 6.11. The van der Waals surface area contributed by atoms with Gasteiger partial charge >= 0.3 is 6.03 Å². The van der Waals surface area contributed by atoms with Gasteiger partial charge in [0.1, 0.15) is 12.1 Å². The lowest BCUT2D eigenvalue weighted by Crippen LogP contribution is -2.56. The van der Waals surface area contributed by atoms with Crippen LogP contribution in [0.3, 0.4) is 0 Å². The van der Waals surface area contributed by atoms with Crippen molar-refractivity contribution in [2.24, 2.45) is 5.92 Å². The normalized spacial score (nSPS) is 22.6. The molecule has 2 atom stereocenters. The number of carbonyl (C=O) groups is 1. The molecule has 0 aromatic carbocycles. The topological polar surface area (TPSA) is 75.1 Å². The second-order valence-corrected chi connectivity index (χ2v) is 7.85. The summed E-state index contributed by atoms with van der Waals surface area (Å²) in [6, 6.07) is 3.75. The first-order valence-corrected chi connectivity index (χ1v) is 9.61. The molecule has 2 aromatic heterocycles. The van der Waals surface area contributed by atoms with Crippen LogP contribution in [-0.4, -0.2) is 51.6 Å². The molecule has 7 nitrogen and oxygen atoms in total. The van der Waals surface area contributed by atoms with Crippen LogP contribution < -0.4 is 10.6 Å². The van der Waals surface area contributed by atoms with Crippen LogP contribution in [0, 0.1) is 5.92 Å². The Labute approximate surface area is 161 Å². The summed E-state index contributed by atoms with van der Waals surface area (Å²) in [5.41, 5.74) is 1.02. The molecule has 0 saturated heterocycles. The van der Waals surface area contributed by atoms with E-state index < -0.39 is 0 Å². The summed E-state index contributed by atoms with van der Waals surface area (Å²) in [6.45, 7) is 3.43. The molecule has 146 valence electrons. The van der Waals surface area contributed by atoms with Crippen LogP contribution >= 0.6 is 0 Å². The van der Waals surface area contributed by atoms with Crippen molar-refractivity contribution in [2.75, 3.05) is 20.6 Å². The highest BCUT2D eigenvalue weighted by Crippen LogP contribution is 2.35. The van der Waals surface area contributed by atoms with Gasteiger partial charge in [0.25, 0.3) is 0 Å². The van der Waals surface area contributed by atoms with Gasteiger partial charge in [-0.25, -0.2) is 14.8 Å². The molecule has 2 unspecified atom stereocenters. The zero-order valence-electron chi connectivity index (χ0n) is 16.5. The number of hydrogen-bond acceptors (Lipinski definition) is 4. The number of rotatable bonds is 6. The number of likely N-dealkylation sites (N-methyl/N-ethyl adjacent to an activating group) is 1. The van der Waals surface area contributed by atoms with Gasteiger partial charge in [0, 0.05) is 37.2 Å². The molecule has 7 heteroatoms. The summed E-state index contributed by atoms with van der Waals surface area (Å²) in [7, 11) is 4.23. The maximum Gasteiger partial charge on any atom is 0.315 e. The third-order valence-electron chi connectivity index (χ3n) is 5.63. The summed E-state index contributed by atoms with van der Waals surface area (Å²) in [6.07, 6.45) is 11.8. The Bertz CT molecular complexity index is 727. The highest BCUT2D eigenvalue weighted by Gasteiger charge is 2.37. The first kappa shape index (κ1) is 19.4. The maximum atomic E-state index is 12.3. The Balaban J connectivity index is 1.49. The van der Waals surface area contributed by atoms with E-state index >= 15 is 0 Å². The van der Waals surface area contributed by atoms with E-state index in [1.807, 2.05) is 22.9 Å². The van der Waals surface area contributed by atoms with Gasteiger partial charge in [-0.15, -0.1) is 0 Å². The minimum Gasteiger partial charge on any atom is -0.336 e. The molecule has 2 aromatic rings. The second kappa shape index (κ2) is 8.52. The van der Waals surface area contributed by atoms with Gasteiger partial charge < -0.3 is 15.5 Å². The van der Waals surface area contributed by atoms with E-state index in [1.54, 1.807) is 18.7 Å². The van der Waals surface area contributed by atoms with Gasteiger partial charge in [-0.2, -0.15) is 0 Å². The molecule has 1 fully saturated rings. The summed E-state index contributed by atoms with van der Waals surface area (Å²) in [5, 5.41) is 6.01. The van der Waals surface area contributed by atoms with Gasteiger partial charge in [-0.1, -0.05) is 25.8 Å².